The molecule has 1 heterocycles. The first-order valence-corrected chi connectivity index (χ1v) is 7.87. The first kappa shape index (κ1) is 16.7. The van der Waals surface area contributed by atoms with Gasteiger partial charge in [-0.15, -0.1) is 0 Å². The molecule has 3 rings (SSSR count). The minimum absolute atomic E-state index is 0.0995. The van der Waals surface area contributed by atoms with Gasteiger partial charge in [-0.25, -0.2) is 4.39 Å². The van der Waals surface area contributed by atoms with Crippen molar-refractivity contribution in [2.24, 2.45) is 0 Å². The molecular weight excluding hydrogens is 321 g/mol. The number of aromatic amines is 1. The van der Waals surface area contributed by atoms with Crippen molar-refractivity contribution in [3.8, 4) is 0 Å². The quantitative estimate of drug-likeness (QED) is 0.751. The van der Waals surface area contributed by atoms with Gasteiger partial charge in [-0.1, -0.05) is 24.3 Å². The SMILES string of the molecule is CN(CC(=O)Nc1cccc(F)c1)C(=O)Cc1c[nH]c2ccccc12. The number of nitrogens with zero attached hydrogens (tertiary/aromatic N) is 1. The lowest BCUT2D eigenvalue weighted by Gasteiger charge is -2.16. The summed E-state index contributed by atoms with van der Waals surface area (Å²) in [4.78, 5) is 28.9. The number of hydrogen-bond acceptors (Lipinski definition) is 2. The summed E-state index contributed by atoms with van der Waals surface area (Å²) in [5.41, 5.74) is 2.22. The molecule has 0 radical (unpaired) electrons. The molecule has 128 valence electrons. The molecule has 2 N–H and O–H groups in total. The number of halogens is 1. The first-order valence-electron chi connectivity index (χ1n) is 7.87. The average Bonchev–Trinajstić information content (AvgIpc) is 2.98. The number of benzene rings is 2. The third-order valence-electron chi connectivity index (χ3n) is 3.93. The van der Waals surface area contributed by atoms with E-state index in [0.717, 1.165) is 16.5 Å². The van der Waals surface area contributed by atoms with Crippen LogP contribution < -0.4 is 5.32 Å². The Morgan fingerprint density at radius 2 is 1.96 bits per heavy atom. The Kier molecular flexibility index (Phi) is 4.79. The standard InChI is InChI=1S/C19H18FN3O2/c1-23(12-18(24)22-15-6-4-5-14(20)10-15)19(25)9-13-11-21-17-8-3-2-7-16(13)17/h2-8,10-11,21H,9,12H2,1H3,(H,22,24). The summed E-state index contributed by atoms with van der Waals surface area (Å²) in [5, 5.41) is 3.57. The highest BCUT2D eigenvalue weighted by Crippen LogP contribution is 2.18. The highest BCUT2D eigenvalue weighted by atomic mass is 19.1. The number of para-hydroxylation sites is 1. The fraction of sp³-hybridized carbons (Fsp3) is 0.158. The minimum Gasteiger partial charge on any atom is -0.361 e. The zero-order chi connectivity index (χ0) is 17.8. The minimum atomic E-state index is -0.429. The van der Waals surface area contributed by atoms with Crippen LogP contribution in [0.1, 0.15) is 5.56 Å². The number of anilines is 1. The number of rotatable bonds is 5. The number of amides is 2. The van der Waals surface area contributed by atoms with Gasteiger partial charge in [0.05, 0.1) is 13.0 Å². The molecule has 0 unspecified atom stereocenters. The summed E-state index contributed by atoms with van der Waals surface area (Å²) in [6.45, 7) is -0.0995. The lowest BCUT2D eigenvalue weighted by Crippen LogP contribution is -2.35. The Bertz CT molecular complexity index is 920. The zero-order valence-corrected chi connectivity index (χ0v) is 13.8. The highest BCUT2D eigenvalue weighted by Gasteiger charge is 2.15. The molecule has 0 bridgehead atoms. The fourth-order valence-electron chi connectivity index (χ4n) is 2.65. The van der Waals surface area contributed by atoms with E-state index in [1.165, 1.54) is 23.1 Å². The molecule has 25 heavy (non-hydrogen) atoms. The predicted octanol–water partition coefficient (Wildman–Crippen LogP) is 2.95. The van der Waals surface area contributed by atoms with E-state index < -0.39 is 5.82 Å². The molecule has 2 aromatic carbocycles. The van der Waals surface area contributed by atoms with E-state index in [4.69, 9.17) is 0 Å². The van der Waals surface area contributed by atoms with Crippen molar-refractivity contribution in [2.45, 2.75) is 6.42 Å². The third kappa shape index (κ3) is 4.03. The van der Waals surface area contributed by atoms with Crippen molar-refractivity contribution in [1.82, 2.24) is 9.88 Å². The van der Waals surface area contributed by atoms with Crippen LogP contribution >= 0.6 is 0 Å². The number of hydrogen-bond donors (Lipinski definition) is 2. The second kappa shape index (κ2) is 7.17. The third-order valence-corrected chi connectivity index (χ3v) is 3.93. The van der Waals surface area contributed by atoms with E-state index in [1.807, 2.05) is 30.5 Å². The van der Waals surface area contributed by atoms with Crippen LogP contribution in [0, 0.1) is 5.82 Å². The van der Waals surface area contributed by atoms with E-state index >= 15 is 0 Å². The molecule has 0 aliphatic carbocycles. The molecule has 0 fully saturated rings. The Balaban J connectivity index is 1.59. The van der Waals surface area contributed by atoms with E-state index in [9.17, 15) is 14.0 Å². The maximum atomic E-state index is 13.1. The fourth-order valence-corrected chi connectivity index (χ4v) is 2.65. The molecule has 6 heteroatoms. The molecule has 0 aliphatic heterocycles. The van der Waals surface area contributed by atoms with Crippen LogP contribution in [0.25, 0.3) is 10.9 Å². The van der Waals surface area contributed by atoms with Crippen molar-refractivity contribution >= 4 is 28.4 Å². The van der Waals surface area contributed by atoms with Crippen LogP contribution in [0.3, 0.4) is 0 Å². The van der Waals surface area contributed by atoms with Crippen molar-refractivity contribution in [3.63, 3.8) is 0 Å². The Labute approximate surface area is 144 Å². The number of carbonyl (C=O) groups is 2. The van der Waals surface area contributed by atoms with Gasteiger partial charge in [0.15, 0.2) is 0 Å². The maximum absolute atomic E-state index is 13.1. The van der Waals surface area contributed by atoms with Crippen molar-refractivity contribution in [1.29, 1.82) is 0 Å². The Morgan fingerprint density at radius 1 is 1.16 bits per heavy atom. The summed E-state index contributed by atoms with van der Waals surface area (Å²) >= 11 is 0. The number of nitrogens with one attached hydrogen (secondary N) is 2. The maximum Gasteiger partial charge on any atom is 0.243 e. The van der Waals surface area contributed by atoms with Crippen LogP contribution in [0.2, 0.25) is 0 Å². The first-order chi connectivity index (χ1) is 12.0. The van der Waals surface area contributed by atoms with Gasteiger partial charge >= 0.3 is 0 Å². The molecule has 0 saturated heterocycles. The van der Waals surface area contributed by atoms with Crippen LogP contribution in [0.4, 0.5) is 10.1 Å². The van der Waals surface area contributed by atoms with Gasteiger partial charge < -0.3 is 15.2 Å². The van der Waals surface area contributed by atoms with Crippen LogP contribution in [0.5, 0.6) is 0 Å². The van der Waals surface area contributed by atoms with E-state index in [-0.39, 0.29) is 24.8 Å². The van der Waals surface area contributed by atoms with E-state index in [2.05, 4.69) is 10.3 Å². The number of H-pyrrole nitrogens is 1. The lowest BCUT2D eigenvalue weighted by molar-refractivity contribution is -0.132. The van der Waals surface area contributed by atoms with Gasteiger partial charge in [-0.05, 0) is 29.8 Å². The van der Waals surface area contributed by atoms with Crippen molar-refractivity contribution in [2.75, 3.05) is 18.9 Å². The average molecular weight is 339 g/mol. The Morgan fingerprint density at radius 3 is 2.76 bits per heavy atom. The largest absolute Gasteiger partial charge is 0.361 e. The summed E-state index contributed by atoms with van der Waals surface area (Å²) in [6, 6.07) is 13.4. The summed E-state index contributed by atoms with van der Waals surface area (Å²) in [7, 11) is 1.57. The van der Waals surface area contributed by atoms with Gasteiger partial charge in [0.2, 0.25) is 11.8 Å². The van der Waals surface area contributed by atoms with Gasteiger partial charge in [-0.2, -0.15) is 0 Å². The second-order valence-corrected chi connectivity index (χ2v) is 5.84. The van der Waals surface area contributed by atoms with Gasteiger partial charge in [0, 0.05) is 29.8 Å². The summed E-state index contributed by atoms with van der Waals surface area (Å²) in [5.74, 6) is -0.971. The molecule has 0 saturated carbocycles. The van der Waals surface area contributed by atoms with Gasteiger partial charge in [0.25, 0.3) is 0 Å². The number of aromatic nitrogens is 1. The van der Waals surface area contributed by atoms with Crippen LogP contribution in [0.15, 0.2) is 54.7 Å². The Hall–Kier alpha value is -3.15. The molecule has 0 atom stereocenters. The molecule has 1 aromatic heterocycles. The lowest BCUT2D eigenvalue weighted by atomic mass is 10.1. The molecule has 5 nitrogen and oxygen atoms in total. The van der Waals surface area contributed by atoms with Crippen molar-refractivity contribution < 1.29 is 14.0 Å². The van der Waals surface area contributed by atoms with Crippen LogP contribution in [-0.2, 0) is 16.0 Å². The topological polar surface area (TPSA) is 65.2 Å². The monoisotopic (exact) mass is 339 g/mol. The van der Waals surface area contributed by atoms with Gasteiger partial charge in [-0.3, -0.25) is 9.59 Å². The van der Waals surface area contributed by atoms with Gasteiger partial charge in [0.1, 0.15) is 5.82 Å². The molecule has 3 aromatic rings. The van der Waals surface area contributed by atoms with E-state index in [1.54, 1.807) is 13.1 Å². The molecule has 2 amide bonds. The summed E-state index contributed by atoms with van der Waals surface area (Å²) in [6.07, 6.45) is 2.01. The smallest absolute Gasteiger partial charge is 0.243 e. The van der Waals surface area contributed by atoms with Crippen LogP contribution in [-0.4, -0.2) is 35.3 Å². The number of carbonyl (C=O) groups excluding carboxylic acids is 2. The second-order valence-electron chi connectivity index (χ2n) is 5.84. The van der Waals surface area contributed by atoms with Crippen molar-refractivity contribution in [3.05, 3.63) is 66.1 Å². The number of likely N-dealkylation sites (N-methyl/N-ethyl adjacent to an activating group) is 1. The zero-order valence-electron chi connectivity index (χ0n) is 13.8. The molecule has 0 spiro atoms. The van der Waals surface area contributed by atoms with E-state index in [0.29, 0.717) is 5.69 Å². The highest BCUT2D eigenvalue weighted by molar-refractivity contribution is 5.95. The predicted molar refractivity (Wildman–Crippen MR) is 94.7 cm³/mol. The normalized spacial score (nSPS) is 10.6. The molecular formula is C19H18FN3O2. The molecule has 0 aliphatic rings. The number of fused-ring (bicyclic) bond motifs is 1. The summed E-state index contributed by atoms with van der Waals surface area (Å²) < 4.78 is 13.1.